The van der Waals surface area contributed by atoms with E-state index in [1.165, 1.54) is 0 Å². The quantitative estimate of drug-likeness (QED) is 0.320. The Kier molecular flexibility index (Phi) is 8.64. The lowest BCUT2D eigenvalue weighted by molar-refractivity contribution is -0.125. The van der Waals surface area contributed by atoms with Crippen LogP contribution in [0.3, 0.4) is 0 Å². The van der Waals surface area contributed by atoms with Gasteiger partial charge in [0.15, 0.2) is 0 Å². The molecule has 39 heavy (non-hydrogen) atoms. The monoisotopic (exact) mass is 536 g/mol. The number of hydrogen-bond donors (Lipinski definition) is 4. The largest absolute Gasteiger partial charge is 0.492 e. The Balaban J connectivity index is 1.21. The average molecular weight is 537 g/mol. The Labute approximate surface area is 227 Å². The highest BCUT2D eigenvalue weighted by atomic mass is 16.5. The number of benzene rings is 1. The summed E-state index contributed by atoms with van der Waals surface area (Å²) < 4.78 is 11.4. The van der Waals surface area contributed by atoms with Crippen molar-refractivity contribution < 1.29 is 23.9 Å². The number of carbonyl (C=O) groups excluding carboxylic acids is 3. The lowest BCUT2D eigenvalue weighted by Crippen LogP contribution is -2.50. The zero-order valence-electron chi connectivity index (χ0n) is 22.0. The van der Waals surface area contributed by atoms with Gasteiger partial charge in [0, 0.05) is 43.0 Å². The molecule has 2 aromatic rings. The third-order valence-corrected chi connectivity index (χ3v) is 7.68. The standard InChI is InChI=1S/C28H36N6O5/c29-17-20(15-19-6-7-30-26(19)35)31-27(36)23(14-18-4-5-18)33-28(37)24-16-21-22(32-24)2-1-3-25(21)39-13-10-34-8-11-38-12-9-34/h1-3,16,18-20,23,32H,4-15H2,(H,30,35)(H,31,36)(H,33,37)/t19-,20-,23?/m0/s1. The van der Waals surface area contributed by atoms with Crippen LogP contribution >= 0.6 is 0 Å². The Morgan fingerprint density at radius 3 is 2.72 bits per heavy atom. The third kappa shape index (κ3) is 7.07. The minimum absolute atomic E-state index is 0.0874. The van der Waals surface area contributed by atoms with Crippen LogP contribution < -0.4 is 20.7 Å². The molecule has 1 aliphatic carbocycles. The van der Waals surface area contributed by atoms with Crippen LogP contribution in [0.25, 0.3) is 10.9 Å². The molecule has 0 bridgehead atoms. The lowest BCUT2D eigenvalue weighted by Gasteiger charge is -2.26. The number of aromatic amines is 1. The molecule has 1 saturated carbocycles. The Morgan fingerprint density at radius 1 is 1.18 bits per heavy atom. The number of nitrogens with zero attached hydrogens (tertiary/aromatic N) is 2. The smallest absolute Gasteiger partial charge is 0.268 e. The van der Waals surface area contributed by atoms with Gasteiger partial charge in [-0.2, -0.15) is 5.26 Å². The molecule has 3 fully saturated rings. The van der Waals surface area contributed by atoms with Crippen molar-refractivity contribution in [3.05, 3.63) is 30.0 Å². The highest BCUT2D eigenvalue weighted by Gasteiger charge is 2.33. The van der Waals surface area contributed by atoms with Crippen molar-refractivity contribution >= 4 is 28.6 Å². The molecule has 2 aliphatic heterocycles. The van der Waals surface area contributed by atoms with Gasteiger partial charge in [-0.1, -0.05) is 18.9 Å². The van der Waals surface area contributed by atoms with Gasteiger partial charge in [0.1, 0.15) is 30.1 Å². The minimum Gasteiger partial charge on any atom is -0.492 e. The average Bonchev–Trinajstić information content (AvgIpc) is 3.50. The van der Waals surface area contributed by atoms with Gasteiger partial charge in [-0.25, -0.2) is 0 Å². The number of carbonyl (C=O) groups is 3. The van der Waals surface area contributed by atoms with Gasteiger partial charge < -0.3 is 30.4 Å². The first-order chi connectivity index (χ1) is 19.0. The van der Waals surface area contributed by atoms with Crippen LogP contribution in [0.1, 0.15) is 42.6 Å². The van der Waals surface area contributed by atoms with E-state index in [-0.39, 0.29) is 18.2 Å². The van der Waals surface area contributed by atoms with Crippen LogP contribution in [0.2, 0.25) is 0 Å². The number of ether oxygens (including phenoxy) is 2. The van der Waals surface area contributed by atoms with E-state index in [1.807, 2.05) is 18.2 Å². The van der Waals surface area contributed by atoms with Crippen molar-refractivity contribution in [1.29, 1.82) is 5.26 Å². The molecule has 3 amide bonds. The number of H-pyrrole nitrogens is 1. The summed E-state index contributed by atoms with van der Waals surface area (Å²) in [6, 6.07) is 7.92. The number of rotatable bonds is 12. The first-order valence-corrected chi connectivity index (χ1v) is 13.8. The first-order valence-electron chi connectivity index (χ1n) is 13.8. The maximum atomic E-state index is 13.2. The van der Waals surface area contributed by atoms with E-state index in [1.54, 1.807) is 6.07 Å². The molecular weight excluding hydrogens is 500 g/mol. The number of nitriles is 1. The summed E-state index contributed by atoms with van der Waals surface area (Å²) in [5, 5.41) is 18.8. The minimum atomic E-state index is -0.796. The van der Waals surface area contributed by atoms with E-state index >= 15 is 0 Å². The second-order valence-electron chi connectivity index (χ2n) is 10.6. The van der Waals surface area contributed by atoms with Gasteiger partial charge in [-0.15, -0.1) is 0 Å². The fraction of sp³-hybridized carbons (Fsp3) is 0.571. The molecule has 0 spiro atoms. The van der Waals surface area contributed by atoms with Gasteiger partial charge in [-0.05, 0) is 43.4 Å². The van der Waals surface area contributed by atoms with E-state index in [9.17, 15) is 19.6 Å². The van der Waals surface area contributed by atoms with E-state index in [2.05, 4.69) is 31.9 Å². The molecule has 4 N–H and O–H groups in total. The summed E-state index contributed by atoms with van der Waals surface area (Å²) in [5.41, 5.74) is 1.11. The third-order valence-electron chi connectivity index (χ3n) is 7.68. The molecule has 3 aliphatic rings. The van der Waals surface area contributed by atoms with Gasteiger partial charge in [0.2, 0.25) is 11.8 Å². The van der Waals surface area contributed by atoms with Crippen molar-refractivity contribution in [2.75, 3.05) is 46.0 Å². The van der Waals surface area contributed by atoms with Gasteiger partial charge >= 0.3 is 0 Å². The van der Waals surface area contributed by atoms with Crippen LogP contribution in [0.5, 0.6) is 5.75 Å². The van der Waals surface area contributed by atoms with E-state index < -0.39 is 23.9 Å². The number of morpholine rings is 1. The van der Waals surface area contributed by atoms with Gasteiger partial charge in [0.05, 0.1) is 19.3 Å². The Bertz CT molecular complexity index is 1230. The van der Waals surface area contributed by atoms with E-state index in [0.29, 0.717) is 43.4 Å². The summed E-state index contributed by atoms with van der Waals surface area (Å²) in [6.07, 6.45) is 3.45. The Hall–Kier alpha value is -3.62. The molecule has 3 atom stereocenters. The van der Waals surface area contributed by atoms with Crippen molar-refractivity contribution in [3.63, 3.8) is 0 Å². The Morgan fingerprint density at radius 2 is 2.00 bits per heavy atom. The van der Waals surface area contributed by atoms with Crippen LogP contribution in [0, 0.1) is 23.2 Å². The molecular formula is C28H36N6O5. The normalized spacial score (nSPS) is 21.1. The number of fused-ring (bicyclic) bond motifs is 1. The summed E-state index contributed by atoms with van der Waals surface area (Å²) in [6.45, 7) is 5.16. The fourth-order valence-corrected chi connectivity index (χ4v) is 5.21. The molecule has 3 heterocycles. The summed E-state index contributed by atoms with van der Waals surface area (Å²) >= 11 is 0. The second kappa shape index (κ2) is 12.5. The number of nitrogens with one attached hydrogen (secondary N) is 4. The molecule has 0 radical (unpaired) electrons. The fourth-order valence-electron chi connectivity index (χ4n) is 5.21. The SMILES string of the molecule is N#C[C@H](C[C@@H]1CCNC1=O)NC(=O)C(CC1CC1)NC(=O)c1cc2c(OCCN3CCOCC3)cccc2[nH]1. The van der Waals surface area contributed by atoms with E-state index in [0.717, 1.165) is 56.6 Å². The molecule has 11 heteroatoms. The molecule has 1 aromatic carbocycles. The zero-order valence-corrected chi connectivity index (χ0v) is 22.0. The maximum Gasteiger partial charge on any atom is 0.268 e. The summed E-state index contributed by atoms with van der Waals surface area (Å²) in [5.74, 6) is -0.107. The molecule has 208 valence electrons. The van der Waals surface area contributed by atoms with Gasteiger partial charge in [0.25, 0.3) is 5.91 Å². The molecule has 1 unspecified atom stereocenters. The van der Waals surface area contributed by atoms with Crippen LogP contribution in [0.15, 0.2) is 24.3 Å². The molecule has 5 rings (SSSR count). The van der Waals surface area contributed by atoms with Crippen molar-refractivity contribution in [3.8, 4) is 11.8 Å². The molecule has 11 nitrogen and oxygen atoms in total. The topological polar surface area (TPSA) is 149 Å². The number of amides is 3. The highest BCUT2D eigenvalue weighted by molar-refractivity contribution is 6.01. The van der Waals surface area contributed by atoms with Crippen LogP contribution in [-0.4, -0.2) is 85.7 Å². The summed E-state index contributed by atoms with van der Waals surface area (Å²) in [7, 11) is 0. The highest BCUT2D eigenvalue weighted by Crippen LogP contribution is 2.34. The predicted molar refractivity (Wildman–Crippen MR) is 143 cm³/mol. The maximum absolute atomic E-state index is 13.2. The second-order valence-corrected chi connectivity index (χ2v) is 10.6. The molecule has 2 saturated heterocycles. The number of aromatic nitrogens is 1. The van der Waals surface area contributed by atoms with Gasteiger partial charge in [-0.3, -0.25) is 19.3 Å². The van der Waals surface area contributed by atoms with Crippen molar-refractivity contribution in [2.45, 2.75) is 44.2 Å². The first kappa shape index (κ1) is 27.0. The van der Waals surface area contributed by atoms with Crippen molar-refractivity contribution in [1.82, 2.24) is 25.8 Å². The van der Waals surface area contributed by atoms with E-state index in [4.69, 9.17) is 9.47 Å². The van der Waals surface area contributed by atoms with Crippen molar-refractivity contribution in [2.24, 2.45) is 11.8 Å². The summed E-state index contributed by atoms with van der Waals surface area (Å²) in [4.78, 5) is 43.8. The van der Waals surface area contributed by atoms with Crippen LogP contribution in [0.4, 0.5) is 0 Å². The zero-order chi connectivity index (χ0) is 27.2. The van der Waals surface area contributed by atoms with Crippen LogP contribution in [-0.2, 0) is 14.3 Å². The lowest BCUT2D eigenvalue weighted by atomic mass is 9.98. The molecule has 1 aromatic heterocycles. The number of hydrogen-bond acceptors (Lipinski definition) is 7. The predicted octanol–water partition coefficient (Wildman–Crippen LogP) is 1.31.